The molecule has 1 aliphatic heterocycles. The van der Waals surface area contributed by atoms with Crippen LogP contribution >= 0.6 is 11.6 Å². The number of nitrogens with one attached hydrogen (secondary N) is 3. The molecular weight excluding hydrogens is 452 g/mol. The molecule has 0 aromatic heterocycles. The van der Waals surface area contributed by atoms with Crippen molar-refractivity contribution in [1.82, 2.24) is 5.43 Å². The number of amides is 2. The van der Waals surface area contributed by atoms with Crippen LogP contribution in [0.3, 0.4) is 0 Å². The van der Waals surface area contributed by atoms with E-state index in [0.717, 1.165) is 0 Å². The molecule has 1 heterocycles. The number of carbonyl (C=O) groups excluding carboxylic acids is 2. The zero-order valence-electron chi connectivity index (χ0n) is 16.5. The number of sulfonamides is 1. The second kappa shape index (κ2) is 8.81. The fraction of sp³-hybridized carbons (Fsp3) is 0.0455. The van der Waals surface area contributed by atoms with Crippen molar-refractivity contribution in [2.75, 3.05) is 10.0 Å². The highest BCUT2D eigenvalue weighted by Crippen LogP contribution is 2.23. The first kappa shape index (κ1) is 21.5. The molecule has 3 aromatic rings. The van der Waals surface area contributed by atoms with E-state index in [1.165, 1.54) is 18.2 Å². The summed E-state index contributed by atoms with van der Waals surface area (Å²) in [6, 6.07) is 19.3. The summed E-state index contributed by atoms with van der Waals surface area (Å²) < 4.78 is 28.2. The number of hydrogen-bond acceptors (Lipinski definition) is 5. The summed E-state index contributed by atoms with van der Waals surface area (Å²) in [5.74, 6) is -0.995. The molecule has 32 heavy (non-hydrogen) atoms. The van der Waals surface area contributed by atoms with Gasteiger partial charge in [0.15, 0.2) is 5.71 Å². The highest BCUT2D eigenvalue weighted by atomic mass is 35.5. The summed E-state index contributed by atoms with van der Waals surface area (Å²) in [6.45, 7) is 0. The van der Waals surface area contributed by atoms with E-state index in [1.807, 2.05) is 0 Å². The zero-order chi connectivity index (χ0) is 22.7. The number of carbonyl (C=O) groups is 2. The van der Waals surface area contributed by atoms with Gasteiger partial charge in [-0.2, -0.15) is 5.10 Å². The van der Waals surface area contributed by atoms with Gasteiger partial charge in [0.25, 0.3) is 15.9 Å². The molecule has 0 saturated heterocycles. The molecule has 0 saturated carbocycles. The van der Waals surface area contributed by atoms with Gasteiger partial charge in [-0.05, 0) is 42.0 Å². The molecule has 0 fully saturated rings. The molecular formula is C22H17ClN4O4S. The minimum atomic E-state index is -3.95. The maximum absolute atomic E-state index is 12.9. The zero-order valence-corrected chi connectivity index (χ0v) is 18.1. The SMILES string of the molecule is O=C(Cc1ccccc1S(=O)(=O)Nc1ccc(Cl)cc1)N/N=C1\C(=O)Nc2ccccc21. The van der Waals surface area contributed by atoms with Crippen molar-refractivity contribution >= 4 is 50.5 Å². The van der Waals surface area contributed by atoms with E-state index in [2.05, 4.69) is 20.6 Å². The molecule has 0 radical (unpaired) electrons. The summed E-state index contributed by atoms with van der Waals surface area (Å²) in [5, 5.41) is 7.07. The van der Waals surface area contributed by atoms with E-state index in [4.69, 9.17) is 11.6 Å². The van der Waals surface area contributed by atoms with Crippen LogP contribution in [0.2, 0.25) is 5.02 Å². The van der Waals surface area contributed by atoms with Crippen molar-refractivity contribution < 1.29 is 18.0 Å². The van der Waals surface area contributed by atoms with Crippen molar-refractivity contribution in [2.45, 2.75) is 11.3 Å². The molecule has 8 nitrogen and oxygen atoms in total. The third-order valence-electron chi connectivity index (χ3n) is 4.65. The van der Waals surface area contributed by atoms with Crippen LogP contribution in [-0.2, 0) is 26.0 Å². The van der Waals surface area contributed by atoms with Gasteiger partial charge in [0.05, 0.1) is 17.0 Å². The van der Waals surface area contributed by atoms with Crippen molar-refractivity contribution in [3.63, 3.8) is 0 Å². The average molecular weight is 469 g/mol. The highest BCUT2D eigenvalue weighted by Gasteiger charge is 2.26. The predicted octanol–water partition coefficient (Wildman–Crippen LogP) is 3.16. The molecule has 10 heteroatoms. The van der Waals surface area contributed by atoms with E-state index in [-0.39, 0.29) is 22.6 Å². The summed E-state index contributed by atoms with van der Waals surface area (Å²) in [4.78, 5) is 24.5. The van der Waals surface area contributed by atoms with Crippen LogP contribution < -0.4 is 15.5 Å². The van der Waals surface area contributed by atoms with Crippen LogP contribution in [0.4, 0.5) is 11.4 Å². The largest absolute Gasteiger partial charge is 0.320 e. The monoisotopic (exact) mass is 468 g/mol. The standard InChI is InChI=1S/C22H17ClN4O4S/c23-15-9-11-16(12-10-15)27-32(30,31)19-8-4-1-5-14(19)13-20(28)25-26-21-17-6-2-3-7-18(17)24-22(21)29/h1-12,27H,13H2,(H,25,28)(H,24,26,29). The molecule has 1 aliphatic rings. The first-order chi connectivity index (χ1) is 15.3. The number of benzene rings is 3. The summed E-state index contributed by atoms with van der Waals surface area (Å²) in [7, 11) is -3.95. The average Bonchev–Trinajstić information content (AvgIpc) is 3.09. The molecule has 3 N–H and O–H groups in total. The molecule has 2 amide bonds. The number of hydrogen-bond donors (Lipinski definition) is 3. The molecule has 0 aliphatic carbocycles. The number of anilines is 2. The van der Waals surface area contributed by atoms with Gasteiger partial charge >= 0.3 is 0 Å². The van der Waals surface area contributed by atoms with Gasteiger partial charge in [0.2, 0.25) is 5.91 Å². The van der Waals surface area contributed by atoms with E-state index < -0.39 is 21.8 Å². The highest BCUT2D eigenvalue weighted by molar-refractivity contribution is 7.92. The summed E-state index contributed by atoms with van der Waals surface area (Å²) in [5.41, 5.74) is 4.22. The molecule has 0 atom stereocenters. The Bertz CT molecular complexity index is 1340. The molecule has 3 aromatic carbocycles. The smallest absolute Gasteiger partial charge is 0.276 e. The van der Waals surface area contributed by atoms with Crippen molar-refractivity contribution in [2.24, 2.45) is 5.10 Å². The van der Waals surface area contributed by atoms with Crippen LogP contribution in [0.1, 0.15) is 11.1 Å². The van der Waals surface area contributed by atoms with Crippen LogP contribution in [0.5, 0.6) is 0 Å². The lowest BCUT2D eigenvalue weighted by Crippen LogP contribution is -2.25. The van der Waals surface area contributed by atoms with Gasteiger partial charge in [-0.1, -0.05) is 48.0 Å². The number of nitrogens with zero attached hydrogens (tertiary/aromatic N) is 1. The lowest BCUT2D eigenvalue weighted by Gasteiger charge is -2.12. The van der Waals surface area contributed by atoms with E-state index in [1.54, 1.807) is 54.6 Å². The lowest BCUT2D eigenvalue weighted by molar-refractivity contribution is -0.120. The van der Waals surface area contributed by atoms with Crippen LogP contribution in [-0.4, -0.2) is 25.9 Å². The van der Waals surface area contributed by atoms with Crippen molar-refractivity contribution in [1.29, 1.82) is 0 Å². The van der Waals surface area contributed by atoms with Crippen LogP contribution in [0, 0.1) is 0 Å². The second-order valence-electron chi connectivity index (χ2n) is 6.89. The van der Waals surface area contributed by atoms with E-state index in [0.29, 0.717) is 22.0 Å². The van der Waals surface area contributed by atoms with Crippen molar-refractivity contribution in [3.8, 4) is 0 Å². The van der Waals surface area contributed by atoms with E-state index >= 15 is 0 Å². The Hall–Kier alpha value is -3.69. The first-order valence-corrected chi connectivity index (χ1v) is 11.3. The quantitative estimate of drug-likeness (QED) is 0.482. The number of rotatable bonds is 6. The van der Waals surface area contributed by atoms with Gasteiger partial charge < -0.3 is 5.32 Å². The maximum atomic E-state index is 12.9. The molecule has 0 unspecified atom stereocenters. The number of fused-ring (bicyclic) bond motifs is 1. The third-order valence-corrected chi connectivity index (χ3v) is 6.38. The maximum Gasteiger partial charge on any atom is 0.276 e. The Morgan fingerprint density at radius 3 is 2.44 bits per heavy atom. The lowest BCUT2D eigenvalue weighted by atomic mass is 10.1. The normalized spacial score (nSPS) is 14.0. The van der Waals surface area contributed by atoms with Gasteiger partial charge in [-0.3, -0.25) is 14.3 Å². The number of hydrazone groups is 1. The summed E-state index contributed by atoms with van der Waals surface area (Å²) >= 11 is 5.84. The minimum Gasteiger partial charge on any atom is -0.320 e. The van der Waals surface area contributed by atoms with E-state index in [9.17, 15) is 18.0 Å². The predicted molar refractivity (Wildman–Crippen MR) is 122 cm³/mol. The van der Waals surface area contributed by atoms with Gasteiger partial charge in [0, 0.05) is 16.3 Å². The fourth-order valence-corrected chi connectivity index (χ4v) is 4.61. The molecule has 0 spiro atoms. The topological polar surface area (TPSA) is 117 Å². The Morgan fingerprint density at radius 1 is 0.969 bits per heavy atom. The minimum absolute atomic E-state index is 0.0401. The van der Waals surface area contributed by atoms with Crippen LogP contribution in [0.15, 0.2) is 82.8 Å². The number of halogens is 1. The third kappa shape index (κ3) is 4.63. The van der Waals surface area contributed by atoms with Crippen molar-refractivity contribution in [3.05, 3.63) is 88.9 Å². The van der Waals surface area contributed by atoms with Crippen LogP contribution in [0.25, 0.3) is 0 Å². The van der Waals surface area contributed by atoms with Gasteiger partial charge in [-0.25, -0.2) is 13.8 Å². The Labute approximate surface area is 189 Å². The first-order valence-electron chi connectivity index (χ1n) is 9.47. The van der Waals surface area contributed by atoms with Gasteiger partial charge in [-0.15, -0.1) is 0 Å². The molecule has 162 valence electrons. The van der Waals surface area contributed by atoms with Gasteiger partial charge in [0.1, 0.15) is 0 Å². The second-order valence-corrected chi connectivity index (χ2v) is 8.98. The molecule has 4 rings (SSSR count). The fourth-order valence-electron chi connectivity index (χ4n) is 3.18. The molecule has 0 bridgehead atoms. The summed E-state index contributed by atoms with van der Waals surface area (Å²) in [6.07, 6.45) is -0.252. The Balaban J connectivity index is 1.51. The number of para-hydroxylation sites is 1. The Morgan fingerprint density at radius 2 is 1.66 bits per heavy atom. The Kier molecular flexibility index (Phi) is 5.93.